The third-order valence-electron chi connectivity index (χ3n) is 5.20. The SMILES string of the molecule is CC(C(=O)N1CCC2CCCCC21)C1CNC1. The first kappa shape index (κ1) is 11.5. The van der Waals surface area contributed by atoms with Gasteiger partial charge in [-0.15, -0.1) is 0 Å². The summed E-state index contributed by atoms with van der Waals surface area (Å²) in [4.78, 5) is 14.8. The zero-order valence-electron chi connectivity index (χ0n) is 10.8. The lowest BCUT2D eigenvalue weighted by atomic mass is 9.84. The molecule has 0 aromatic carbocycles. The predicted molar refractivity (Wildman–Crippen MR) is 67.6 cm³/mol. The van der Waals surface area contributed by atoms with E-state index in [1.54, 1.807) is 0 Å². The van der Waals surface area contributed by atoms with E-state index in [2.05, 4.69) is 17.1 Å². The molecule has 1 amide bonds. The zero-order valence-corrected chi connectivity index (χ0v) is 10.8. The second kappa shape index (κ2) is 4.60. The second-order valence-electron chi connectivity index (χ2n) is 6.14. The molecule has 96 valence electrons. The van der Waals surface area contributed by atoms with Gasteiger partial charge in [0.15, 0.2) is 0 Å². The highest BCUT2D eigenvalue weighted by atomic mass is 16.2. The minimum absolute atomic E-state index is 0.233. The molecule has 3 rings (SSSR count). The molecule has 0 aromatic heterocycles. The Morgan fingerprint density at radius 2 is 2.00 bits per heavy atom. The Kier molecular flexibility index (Phi) is 3.12. The molecule has 0 aromatic rings. The maximum atomic E-state index is 12.5. The molecule has 17 heavy (non-hydrogen) atoms. The average molecular weight is 236 g/mol. The molecular formula is C14H24N2O. The van der Waals surface area contributed by atoms with Gasteiger partial charge in [0.2, 0.25) is 5.91 Å². The lowest BCUT2D eigenvalue weighted by Crippen LogP contribution is -2.51. The van der Waals surface area contributed by atoms with Crippen molar-refractivity contribution in [3.63, 3.8) is 0 Å². The zero-order chi connectivity index (χ0) is 11.8. The molecule has 0 spiro atoms. The highest BCUT2D eigenvalue weighted by Crippen LogP contribution is 2.37. The topological polar surface area (TPSA) is 32.3 Å². The van der Waals surface area contributed by atoms with Gasteiger partial charge in [-0.05, 0) is 44.2 Å². The molecule has 3 aliphatic rings. The van der Waals surface area contributed by atoms with Crippen molar-refractivity contribution in [3.05, 3.63) is 0 Å². The van der Waals surface area contributed by atoms with Crippen molar-refractivity contribution < 1.29 is 4.79 Å². The molecule has 2 heterocycles. The van der Waals surface area contributed by atoms with Gasteiger partial charge in [-0.1, -0.05) is 19.8 Å². The number of hydrogen-bond donors (Lipinski definition) is 1. The maximum Gasteiger partial charge on any atom is 0.226 e. The van der Waals surface area contributed by atoms with Crippen LogP contribution in [0.2, 0.25) is 0 Å². The van der Waals surface area contributed by atoms with Crippen LogP contribution in [0.25, 0.3) is 0 Å². The summed E-state index contributed by atoms with van der Waals surface area (Å²) < 4.78 is 0. The van der Waals surface area contributed by atoms with Crippen molar-refractivity contribution in [2.24, 2.45) is 17.8 Å². The summed E-state index contributed by atoms with van der Waals surface area (Å²) in [6.07, 6.45) is 6.57. The number of carbonyl (C=O) groups excluding carboxylic acids is 1. The van der Waals surface area contributed by atoms with Gasteiger partial charge in [0, 0.05) is 18.5 Å². The van der Waals surface area contributed by atoms with Crippen LogP contribution in [0.4, 0.5) is 0 Å². The highest BCUT2D eigenvalue weighted by molar-refractivity contribution is 5.79. The van der Waals surface area contributed by atoms with Crippen molar-refractivity contribution in [2.75, 3.05) is 19.6 Å². The Bertz CT molecular complexity index is 301. The largest absolute Gasteiger partial charge is 0.339 e. The second-order valence-corrected chi connectivity index (χ2v) is 6.14. The first-order valence-corrected chi connectivity index (χ1v) is 7.28. The van der Waals surface area contributed by atoms with Crippen LogP contribution in [0.15, 0.2) is 0 Å². The van der Waals surface area contributed by atoms with E-state index in [9.17, 15) is 4.79 Å². The molecule has 1 N–H and O–H groups in total. The summed E-state index contributed by atoms with van der Waals surface area (Å²) >= 11 is 0. The summed E-state index contributed by atoms with van der Waals surface area (Å²) in [5.74, 6) is 2.08. The Labute approximate surface area is 104 Å². The van der Waals surface area contributed by atoms with Crippen LogP contribution in [0.5, 0.6) is 0 Å². The highest BCUT2D eigenvalue weighted by Gasteiger charge is 2.41. The normalized spacial score (nSPS) is 35.2. The van der Waals surface area contributed by atoms with Gasteiger partial charge in [-0.3, -0.25) is 4.79 Å². The molecule has 3 nitrogen and oxygen atoms in total. The van der Waals surface area contributed by atoms with Crippen LogP contribution in [-0.4, -0.2) is 36.5 Å². The van der Waals surface area contributed by atoms with Crippen molar-refractivity contribution in [2.45, 2.75) is 45.1 Å². The summed E-state index contributed by atoms with van der Waals surface area (Å²) in [7, 11) is 0. The standard InChI is InChI=1S/C14H24N2O/c1-10(12-8-15-9-12)14(17)16-7-6-11-4-2-3-5-13(11)16/h10-13,15H,2-9H2,1H3. The molecule has 3 unspecified atom stereocenters. The smallest absolute Gasteiger partial charge is 0.226 e. The van der Waals surface area contributed by atoms with Crippen LogP contribution >= 0.6 is 0 Å². The molecule has 0 bridgehead atoms. The molecule has 0 radical (unpaired) electrons. The van der Waals surface area contributed by atoms with Crippen LogP contribution in [-0.2, 0) is 4.79 Å². The van der Waals surface area contributed by atoms with Crippen LogP contribution in [0.3, 0.4) is 0 Å². The number of likely N-dealkylation sites (tertiary alicyclic amines) is 1. The van der Waals surface area contributed by atoms with Gasteiger partial charge < -0.3 is 10.2 Å². The molecule has 3 atom stereocenters. The minimum atomic E-state index is 0.233. The molecule has 1 aliphatic carbocycles. The Morgan fingerprint density at radius 3 is 2.71 bits per heavy atom. The average Bonchev–Trinajstić information content (AvgIpc) is 2.69. The van der Waals surface area contributed by atoms with E-state index < -0.39 is 0 Å². The number of amides is 1. The molecule has 2 aliphatic heterocycles. The van der Waals surface area contributed by atoms with E-state index in [1.807, 2.05) is 0 Å². The first-order valence-electron chi connectivity index (χ1n) is 7.28. The van der Waals surface area contributed by atoms with E-state index in [4.69, 9.17) is 0 Å². The maximum absolute atomic E-state index is 12.5. The van der Waals surface area contributed by atoms with Gasteiger partial charge in [-0.25, -0.2) is 0 Å². The minimum Gasteiger partial charge on any atom is -0.339 e. The van der Waals surface area contributed by atoms with Crippen LogP contribution in [0.1, 0.15) is 39.0 Å². The Balaban J connectivity index is 1.65. The molecule has 1 saturated carbocycles. The van der Waals surface area contributed by atoms with E-state index in [0.717, 1.165) is 25.6 Å². The van der Waals surface area contributed by atoms with Gasteiger partial charge >= 0.3 is 0 Å². The lowest BCUT2D eigenvalue weighted by molar-refractivity contribution is -0.139. The van der Waals surface area contributed by atoms with Gasteiger partial charge in [0.05, 0.1) is 0 Å². The van der Waals surface area contributed by atoms with E-state index in [1.165, 1.54) is 32.1 Å². The summed E-state index contributed by atoms with van der Waals surface area (Å²) in [6.45, 7) is 5.23. The van der Waals surface area contributed by atoms with Crippen molar-refractivity contribution in [3.8, 4) is 0 Å². The monoisotopic (exact) mass is 236 g/mol. The lowest BCUT2D eigenvalue weighted by Gasteiger charge is -2.37. The summed E-state index contributed by atoms with van der Waals surface area (Å²) in [5, 5.41) is 3.27. The summed E-state index contributed by atoms with van der Waals surface area (Å²) in [6, 6.07) is 0.590. The number of nitrogens with zero attached hydrogens (tertiary/aromatic N) is 1. The van der Waals surface area contributed by atoms with Gasteiger partial charge in [-0.2, -0.15) is 0 Å². The fourth-order valence-electron chi connectivity index (χ4n) is 3.81. The van der Waals surface area contributed by atoms with Crippen molar-refractivity contribution >= 4 is 5.91 Å². The quantitative estimate of drug-likeness (QED) is 0.790. The van der Waals surface area contributed by atoms with Crippen molar-refractivity contribution in [1.82, 2.24) is 10.2 Å². The van der Waals surface area contributed by atoms with Crippen LogP contribution < -0.4 is 5.32 Å². The third kappa shape index (κ3) is 1.99. The fraction of sp³-hybridized carbons (Fsp3) is 0.929. The third-order valence-corrected chi connectivity index (χ3v) is 5.20. The molecular weight excluding hydrogens is 212 g/mol. The number of rotatable bonds is 2. The van der Waals surface area contributed by atoms with E-state index in [-0.39, 0.29) is 5.92 Å². The fourth-order valence-corrected chi connectivity index (χ4v) is 3.81. The number of fused-ring (bicyclic) bond motifs is 1. The van der Waals surface area contributed by atoms with Gasteiger partial charge in [0.25, 0.3) is 0 Å². The number of carbonyl (C=O) groups is 1. The van der Waals surface area contributed by atoms with Crippen LogP contribution in [0, 0.1) is 17.8 Å². The molecule has 2 saturated heterocycles. The number of hydrogen-bond acceptors (Lipinski definition) is 2. The van der Waals surface area contributed by atoms with E-state index >= 15 is 0 Å². The first-order chi connectivity index (χ1) is 8.27. The van der Waals surface area contributed by atoms with Gasteiger partial charge in [0.1, 0.15) is 0 Å². The predicted octanol–water partition coefficient (Wildman–Crippen LogP) is 1.63. The van der Waals surface area contributed by atoms with E-state index in [0.29, 0.717) is 17.9 Å². The molecule has 3 heteroatoms. The summed E-state index contributed by atoms with van der Waals surface area (Å²) in [5.41, 5.74) is 0. The Hall–Kier alpha value is -0.570. The number of nitrogens with one attached hydrogen (secondary N) is 1. The molecule has 3 fully saturated rings. The Morgan fingerprint density at radius 1 is 1.24 bits per heavy atom. The van der Waals surface area contributed by atoms with Crippen molar-refractivity contribution in [1.29, 1.82) is 0 Å².